The molecule has 0 fully saturated rings. The van der Waals surface area contributed by atoms with Gasteiger partial charge in [-0.3, -0.25) is 0 Å². The molecule has 106 valence electrons. The molecule has 0 spiro atoms. The highest BCUT2D eigenvalue weighted by Gasteiger charge is 2.20. The summed E-state index contributed by atoms with van der Waals surface area (Å²) >= 11 is 0. The molecule has 0 aliphatic rings. The smallest absolute Gasteiger partial charge is 0.373 e. The molecule has 20 heavy (non-hydrogen) atoms. The molecule has 1 aromatic carbocycles. The Morgan fingerprint density at radius 2 is 1.90 bits per heavy atom. The molecule has 1 N–H and O–H groups in total. The van der Waals surface area contributed by atoms with Crippen molar-refractivity contribution in [1.82, 2.24) is 4.98 Å². The van der Waals surface area contributed by atoms with E-state index >= 15 is 0 Å². The predicted octanol–water partition coefficient (Wildman–Crippen LogP) is 3.95. The fourth-order valence-corrected chi connectivity index (χ4v) is 2.08. The molecule has 1 heterocycles. The van der Waals surface area contributed by atoms with Crippen molar-refractivity contribution in [2.24, 2.45) is 0 Å². The molecule has 0 atom stereocenters. The molecule has 0 radical (unpaired) electrons. The van der Waals surface area contributed by atoms with Gasteiger partial charge in [-0.25, -0.2) is 9.78 Å². The van der Waals surface area contributed by atoms with Crippen LogP contribution in [0.25, 0.3) is 11.5 Å². The van der Waals surface area contributed by atoms with E-state index in [4.69, 9.17) is 9.52 Å². The molecule has 4 nitrogen and oxygen atoms in total. The van der Waals surface area contributed by atoms with Gasteiger partial charge in [-0.1, -0.05) is 32.9 Å². The Kier molecular flexibility index (Phi) is 3.42. The third-order valence-corrected chi connectivity index (χ3v) is 3.31. The largest absolute Gasteiger partial charge is 0.475 e. The van der Waals surface area contributed by atoms with Crippen molar-refractivity contribution in [3.8, 4) is 11.5 Å². The lowest BCUT2D eigenvalue weighted by molar-refractivity contribution is 0.0662. The molecule has 0 aliphatic carbocycles. The summed E-state index contributed by atoms with van der Waals surface area (Å²) in [5.74, 6) is -0.831. The van der Waals surface area contributed by atoms with Crippen LogP contribution in [0.1, 0.15) is 48.1 Å². The maximum absolute atomic E-state index is 11.0. The van der Waals surface area contributed by atoms with Crippen LogP contribution in [0.4, 0.5) is 0 Å². The third kappa shape index (κ3) is 2.59. The number of nitrogens with zero attached hydrogens (tertiary/aromatic N) is 1. The molecule has 4 heteroatoms. The number of benzene rings is 1. The summed E-state index contributed by atoms with van der Waals surface area (Å²) in [7, 11) is 0. The Morgan fingerprint density at radius 3 is 2.35 bits per heavy atom. The first-order chi connectivity index (χ1) is 9.20. The quantitative estimate of drug-likeness (QED) is 0.899. The van der Waals surface area contributed by atoms with Crippen LogP contribution in [0.5, 0.6) is 0 Å². The first-order valence-corrected chi connectivity index (χ1v) is 6.52. The van der Waals surface area contributed by atoms with Crippen molar-refractivity contribution in [1.29, 1.82) is 0 Å². The third-order valence-electron chi connectivity index (χ3n) is 3.31. The van der Waals surface area contributed by atoms with Crippen molar-refractivity contribution >= 4 is 5.97 Å². The highest BCUT2D eigenvalue weighted by atomic mass is 16.4. The van der Waals surface area contributed by atoms with Crippen LogP contribution in [0.15, 0.2) is 22.6 Å². The van der Waals surface area contributed by atoms with Gasteiger partial charge < -0.3 is 9.52 Å². The lowest BCUT2D eigenvalue weighted by Gasteiger charge is -2.20. The minimum absolute atomic E-state index is 0.0715. The normalized spacial score (nSPS) is 11.7. The van der Waals surface area contributed by atoms with Crippen molar-refractivity contribution < 1.29 is 14.3 Å². The van der Waals surface area contributed by atoms with E-state index < -0.39 is 5.97 Å². The molecule has 0 saturated heterocycles. The van der Waals surface area contributed by atoms with Gasteiger partial charge in [-0.15, -0.1) is 0 Å². The number of rotatable bonds is 2. The lowest BCUT2D eigenvalue weighted by atomic mass is 9.85. The summed E-state index contributed by atoms with van der Waals surface area (Å²) in [6, 6.07) is 6.06. The van der Waals surface area contributed by atoms with Gasteiger partial charge in [0, 0.05) is 5.56 Å². The lowest BCUT2D eigenvalue weighted by Crippen LogP contribution is -2.11. The van der Waals surface area contributed by atoms with Gasteiger partial charge in [0.1, 0.15) is 0 Å². The molecular formula is C16H19NO3. The van der Waals surface area contributed by atoms with E-state index in [0.717, 1.165) is 11.1 Å². The minimum Gasteiger partial charge on any atom is -0.475 e. The van der Waals surface area contributed by atoms with E-state index in [0.29, 0.717) is 11.6 Å². The Balaban J connectivity index is 2.49. The summed E-state index contributed by atoms with van der Waals surface area (Å²) in [6.07, 6.45) is 0. The number of oxazole rings is 1. The number of hydrogen-bond acceptors (Lipinski definition) is 3. The van der Waals surface area contributed by atoms with Gasteiger partial charge in [-0.2, -0.15) is 0 Å². The van der Waals surface area contributed by atoms with E-state index in [2.05, 4.69) is 31.8 Å². The zero-order valence-corrected chi connectivity index (χ0v) is 12.4. The molecule has 2 aromatic rings. The zero-order valence-electron chi connectivity index (χ0n) is 12.4. The standard InChI is InChI=1S/C16H19NO3/c1-9-8-11(16(3,4)5)6-7-12(9)14-17-10(2)13(20-14)15(18)19/h6-8H,1-5H3,(H,18,19). The van der Waals surface area contributed by atoms with Crippen LogP contribution in [0, 0.1) is 13.8 Å². The fourth-order valence-electron chi connectivity index (χ4n) is 2.08. The van der Waals surface area contributed by atoms with Crippen LogP contribution < -0.4 is 0 Å². The van der Waals surface area contributed by atoms with Crippen LogP contribution >= 0.6 is 0 Å². The van der Waals surface area contributed by atoms with E-state index in [1.165, 1.54) is 5.56 Å². The topological polar surface area (TPSA) is 63.3 Å². The number of aromatic carboxylic acids is 1. The summed E-state index contributed by atoms with van der Waals surface area (Å²) < 4.78 is 5.36. The van der Waals surface area contributed by atoms with Gasteiger partial charge in [0.25, 0.3) is 0 Å². The summed E-state index contributed by atoms with van der Waals surface area (Å²) in [5.41, 5.74) is 3.54. The first-order valence-electron chi connectivity index (χ1n) is 6.52. The number of aromatic nitrogens is 1. The Bertz CT molecular complexity index is 663. The summed E-state index contributed by atoms with van der Waals surface area (Å²) in [4.78, 5) is 15.2. The van der Waals surface area contributed by atoms with Crippen LogP contribution in [-0.2, 0) is 5.41 Å². The maximum atomic E-state index is 11.0. The maximum Gasteiger partial charge on any atom is 0.373 e. The number of hydrogen-bond donors (Lipinski definition) is 1. The molecule has 2 rings (SSSR count). The summed E-state index contributed by atoms with van der Waals surface area (Å²) in [5, 5.41) is 9.01. The number of carbonyl (C=O) groups is 1. The number of carboxylic acid groups (broad SMARTS) is 1. The Labute approximate surface area is 118 Å². The average molecular weight is 273 g/mol. The molecule has 0 amide bonds. The molecule has 0 bridgehead atoms. The van der Waals surface area contributed by atoms with Gasteiger partial charge in [0.05, 0.1) is 5.69 Å². The van der Waals surface area contributed by atoms with Crippen LogP contribution in [0.3, 0.4) is 0 Å². The monoisotopic (exact) mass is 273 g/mol. The van der Waals surface area contributed by atoms with Crippen LogP contribution in [-0.4, -0.2) is 16.1 Å². The van der Waals surface area contributed by atoms with Gasteiger partial charge in [0.2, 0.25) is 11.7 Å². The molecule has 0 saturated carbocycles. The van der Waals surface area contributed by atoms with Crippen molar-refractivity contribution in [2.45, 2.75) is 40.0 Å². The van der Waals surface area contributed by atoms with Gasteiger partial charge in [-0.05, 0) is 36.5 Å². The highest BCUT2D eigenvalue weighted by molar-refractivity contribution is 5.86. The molecule has 0 unspecified atom stereocenters. The molecule has 1 aromatic heterocycles. The van der Waals surface area contributed by atoms with Crippen molar-refractivity contribution in [3.63, 3.8) is 0 Å². The second kappa shape index (κ2) is 4.78. The molecular weight excluding hydrogens is 254 g/mol. The van der Waals surface area contributed by atoms with E-state index in [9.17, 15) is 4.79 Å². The highest BCUT2D eigenvalue weighted by Crippen LogP contribution is 2.30. The van der Waals surface area contributed by atoms with Gasteiger partial charge >= 0.3 is 5.97 Å². The Hall–Kier alpha value is -2.10. The SMILES string of the molecule is Cc1cc(C(C)(C)C)ccc1-c1nc(C)c(C(=O)O)o1. The Morgan fingerprint density at radius 1 is 1.25 bits per heavy atom. The van der Waals surface area contributed by atoms with E-state index in [1.807, 2.05) is 19.1 Å². The first kappa shape index (κ1) is 14.3. The second-order valence-electron chi connectivity index (χ2n) is 6.02. The van der Waals surface area contributed by atoms with E-state index in [1.54, 1.807) is 6.92 Å². The minimum atomic E-state index is -1.09. The fraction of sp³-hybridized carbons (Fsp3) is 0.375. The van der Waals surface area contributed by atoms with Crippen molar-refractivity contribution in [3.05, 3.63) is 40.8 Å². The second-order valence-corrected chi connectivity index (χ2v) is 6.02. The molecule has 0 aliphatic heterocycles. The summed E-state index contributed by atoms with van der Waals surface area (Å²) in [6.45, 7) is 10.1. The average Bonchev–Trinajstić information content (AvgIpc) is 2.69. The van der Waals surface area contributed by atoms with Crippen molar-refractivity contribution in [2.75, 3.05) is 0 Å². The zero-order chi connectivity index (χ0) is 15.1. The van der Waals surface area contributed by atoms with Crippen LogP contribution in [0.2, 0.25) is 0 Å². The predicted molar refractivity (Wildman–Crippen MR) is 77.1 cm³/mol. The number of carboxylic acids is 1. The number of aryl methyl sites for hydroxylation is 2. The van der Waals surface area contributed by atoms with E-state index in [-0.39, 0.29) is 11.2 Å². The van der Waals surface area contributed by atoms with Gasteiger partial charge in [0.15, 0.2) is 0 Å².